The summed E-state index contributed by atoms with van der Waals surface area (Å²) >= 11 is 0. The number of nitrogens with two attached hydrogens (primary N) is 1. The molecule has 1 aliphatic rings. The minimum Gasteiger partial charge on any atom is -0.440 e. The minimum absolute atomic E-state index is 0.0612. The predicted octanol–water partition coefficient (Wildman–Crippen LogP) is 4.19. The molecular formula is C21H17F2N3O2. The molecule has 5 rings (SSSR count). The highest BCUT2D eigenvalue weighted by molar-refractivity contribution is 6.02. The van der Waals surface area contributed by atoms with Crippen LogP contribution in [0.5, 0.6) is 0 Å². The van der Waals surface area contributed by atoms with Gasteiger partial charge in [0.25, 0.3) is 5.56 Å². The van der Waals surface area contributed by atoms with Crippen molar-refractivity contribution in [2.75, 3.05) is 0 Å². The lowest BCUT2D eigenvalue weighted by Crippen LogP contribution is -2.20. The number of pyridine rings is 1. The normalized spacial score (nSPS) is 14.3. The van der Waals surface area contributed by atoms with E-state index in [4.69, 9.17) is 10.2 Å². The van der Waals surface area contributed by atoms with E-state index in [2.05, 4.69) is 4.98 Å². The summed E-state index contributed by atoms with van der Waals surface area (Å²) < 4.78 is 36.5. The van der Waals surface area contributed by atoms with E-state index in [1.807, 2.05) is 0 Å². The molecule has 0 amide bonds. The number of aryl methyl sites for hydroxylation is 1. The molecule has 142 valence electrons. The second kappa shape index (κ2) is 5.97. The lowest BCUT2D eigenvalue weighted by molar-refractivity contribution is 0.563. The van der Waals surface area contributed by atoms with Crippen LogP contribution >= 0.6 is 0 Å². The number of benzene rings is 2. The van der Waals surface area contributed by atoms with Crippen LogP contribution in [0.3, 0.4) is 0 Å². The van der Waals surface area contributed by atoms with Gasteiger partial charge in [-0.05, 0) is 36.6 Å². The Morgan fingerprint density at radius 1 is 1.21 bits per heavy atom. The molecule has 0 aliphatic heterocycles. The number of nitrogens with zero attached hydrogens (tertiary/aromatic N) is 2. The third-order valence-corrected chi connectivity index (χ3v) is 5.24. The average molecular weight is 381 g/mol. The summed E-state index contributed by atoms with van der Waals surface area (Å²) in [4.78, 5) is 17.2. The minimum atomic E-state index is -0.524. The standard InChI is InChI=1S/C21H17F2N3O2/c1-10-25-19-20(28-10)15-7-17(23)14(11-2-3-12(9-24)16(22)6-11)8-18(15)26(21(19)27)13-4-5-13/h2-3,6-8,13H,4-5,9,24H2,1H3. The van der Waals surface area contributed by atoms with Crippen LogP contribution in [0.15, 0.2) is 39.5 Å². The fourth-order valence-electron chi connectivity index (χ4n) is 3.72. The average Bonchev–Trinajstić information content (AvgIpc) is 3.42. The molecule has 2 N–H and O–H groups in total. The molecule has 0 unspecified atom stereocenters. The molecule has 2 aromatic heterocycles. The lowest BCUT2D eigenvalue weighted by Gasteiger charge is -2.13. The third kappa shape index (κ3) is 2.46. The number of halogens is 2. The third-order valence-electron chi connectivity index (χ3n) is 5.24. The first-order valence-electron chi connectivity index (χ1n) is 9.11. The monoisotopic (exact) mass is 381 g/mol. The molecule has 2 heterocycles. The van der Waals surface area contributed by atoms with E-state index in [0.717, 1.165) is 12.8 Å². The van der Waals surface area contributed by atoms with Crippen molar-refractivity contribution in [3.05, 3.63) is 63.8 Å². The molecular weight excluding hydrogens is 364 g/mol. The van der Waals surface area contributed by atoms with Gasteiger partial charge in [0.1, 0.15) is 11.6 Å². The van der Waals surface area contributed by atoms with E-state index in [0.29, 0.717) is 27.9 Å². The van der Waals surface area contributed by atoms with E-state index in [1.165, 1.54) is 12.1 Å². The van der Waals surface area contributed by atoms with Crippen molar-refractivity contribution in [1.82, 2.24) is 9.55 Å². The summed E-state index contributed by atoms with van der Waals surface area (Å²) in [6.45, 7) is 1.72. The van der Waals surface area contributed by atoms with Crippen LogP contribution in [0.2, 0.25) is 0 Å². The van der Waals surface area contributed by atoms with Crippen molar-refractivity contribution in [2.45, 2.75) is 32.4 Å². The maximum atomic E-state index is 15.0. The van der Waals surface area contributed by atoms with Crippen LogP contribution in [0.4, 0.5) is 8.78 Å². The second-order valence-electron chi connectivity index (χ2n) is 7.18. The van der Waals surface area contributed by atoms with Gasteiger partial charge < -0.3 is 14.7 Å². The van der Waals surface area contributed by atoms with Gasteiger partial charge in [-0.2, -0.15) is 0 Å². The largest absolute Gasteiger partial charge is 0.440 e. The smallest absolute Gasteiger partial charge is 0.281 e. The topological polar surface area (TPSA) is 74.0 Å². The van der Waals surface area contributed by atoms with Gasteiger partial charge in [0.2, 0.25) is 0 Å². The summed E-state index contributed by atoms with van der Waals surface area (Å²) in [5, 5.41) is 0.488. The summed E-state index contributed by atoms with van der Waals surface area (Å²) in [5.41, 5.74) is 7.29. The molecule has 0 bridgehead atoms. The Bertz CT molecular complexity index is 1320. The van der Waals surface area contributed by atoms with Gasteiger partial charge in [0.05, 0.1) is 5.52 Å². The van der Waals surface area contributed by atoms with E-state index in [-0.39, 0.29) is 34.8 Å². The highest BCUT2D eigenvalue weighted by atomic mass is 19.1. The molecule has 0 spiro atoms. The zero-order valence-corrected chi connectivity index (χ0v) is 15.1. The Labute approximate surface area is 158 Å². The van der Waals surface area contributed by atoms with E-state index >= 15 is 4.39 Å². The van der Waals surface area contributed by atoms with Gasteiger partial charge in [-0.15, -0.1) is 0 Å². The van der Waals surface area contributed by atoms with Crippen molar-refractivity contribution in [1.29, 1.82) is 0 Å². The van der Waals surface area contributed by atoms with Crippen LogP contribution in [0.1, 0.15) is 30.3 Å². The fraction of sp³-hybridized carbons (Fsp3) is 0.238. The van der Waals surface area contributed by atoms with Gasteiger partial charge in [0, 0.05) is 36.0 Å². The summed E-state index contributed by atoms with van der Waals surface area (Å²) in [6, 6.07) is 7.44. The molecule has 1 fully saturated rings. The first-order valence-corrected chi connectivity index (χ1v) is 9.11. The molecule has 0 atom stereocenters. The van der Waals surface area contributed by atoms with Gasteiger partial charge in [-0.25, -0.2) is 13.8 Å². The second-order valence-corrected chi connectivity index (χ2v) is 7.18. The SMILES string of the molecule is Cc1nc2c(=O)n(C3CC3)c3cc(-c4ccc(CN)c(F)c4)c(F)cc3c2o1. The Balaban J connectivity index is 1.85. The van der Waals surface area contributed by atoms with Crippen molar-refractivity contribution in [3.63, 3.8) is 0 Å². The van der Waals surface area contributed by atoms with Gasteiger partial charge in [0.15, 0.2) is 17.0 Å². The number of hydrogen-bond donors (Lipinski definition) is 1. The first kappa shape index (κ1) is 17.1. The predicted molar refractivity (Wildman–Crippen MR) is 102 cm³/mol. The number of fused-ring (bicyclic) bond motifs is 3. The molecule has 4 aromatic rings. The van der Waals surface area contributed by atoms with Crippen LogP contribution in [0.25, 0.3) is 33.1 Å². The lowest BCUT2D eigenvalue weighted by atomic mass is 10.0. The number of rotatable bonds is 3. The number of oxazole rings is 1. The summed E-state index contributed by atoms with van der Waals surface area (Å²) in [5.74, 6) is -0.657. The van der Waals surface area contributed by atoms with Crippen LogP contribution < -0.4 is 11.3 Å². The van der Waals surface area contributed by atoms with Crippen LogP contribution in [-0.4, -0.2) is 9.55 Å². The zero-order chi connectivity index (χ0) is 19.6. The van der Waals surface area contributed by atoms with Crippen molar-refractivity contribution >= 4 is 22.0 Å². The Hall–Kier alpha value is -3.06. The Kier molecular flexibility index (Phi) is 3.64. The van der Waals surface area contributed by atoms with Crippen LogP contribution in [0, 0.1) is 18.6 Å². The number of aromatic nitrogens is 2. The maximum absolute atomic E-state index is 15.0. The molecule has 0 saturated heterocycles. The van der Waals surface area contributed by atoms with Gasteiger partial charge in [-0.3, -0.25) is 4.79 Å². The summed E-state index contributed by atoms with van der Waals surface area (Å²) in [6.07, 6.45) is 1.76. The highest BCUT2D eigenvalue weighted by Gasteiger charge is 2.29. The zero-order valence-electron chi connectivity index (χ0n) is 15.1. The van der Waals surface area contributed by atoms with Gasteiger partial charge >= 0.3 is 0 Å². The van der Waals surface area contributed by atoms with Crippen molar-refractivity contribution in [3.8, 4) is 11.1 Å². The van der Waals surface area contributed by atoms with E-state index in [9.17, 15) is 9.18 Å². The Morgan fingerprint density at radius 2 is 2.00 bits per heavy atom. The first-order chi connectivity index (χ1) is 13.5. The van der Waals surface area contributed by atoms with Crippen molar-refractivity contribution < 1.29 is 13.2 Å². The molecule has 28 heavy (non-hydrogen) atoms. The fourth-order valence-corrected chi connectivity index (χ4v) is 3.72. The van der Waals surface area contributed by atoms with E-state index < -0.39 is 11.6 Å². The molecule has 1 aliphatic carbocycles. The van der Waals surface area contributed by atoms with Gasteiger partial charge in [-0.1, -0.05) is 12.1 Å². The quantitative estimate of drug-likeness (QED) is 0.577. The summed E-state index contributed by atoms with van der Waals surface area (Å²) in [7, 11) is 0. The van der Waals surface area contributed by atoms with Crippen molar-refractivity contribution in [2.24, 2.45) is 5.73 Å². The Morgan fingerprint density at radius 3 is 2.68 bits per heavy atom. The molecule has 2 aromatic carbocycles. The van der Waals surface area contributed by atoms with Crippen LogP contribution in [-0.2, 0) is 6.54 Å². The molecule has 0 radical (unpaired) electrons. The number of hydrogen-bond acceptors (Lipinski definition) is 4. The highest BCUT2D eigenvalue weighted by Crippen LogP contribution is 2.39. The van der Waals surface area contributed by atoms with E-state index in [1.54, 1.807) is 29.7 Å². The molecule has 7 heteroatoms. The molecule has 5 nitrogen and oxygen atoms in total. The maximum Gasteiger partial charge on any atom is 0.281 e. The molecule has 1 saturated carbocycles.